The van der Waals surface area contributed by atoms with E-state index >= 15 is 0 Å². The third kappa shape index (κ3) is 3.69. The van der Waals surface area contributed by atoms with E-state index in [2.05, 4.69) is 10.3 Å². The number of aromatic nitrogens is 2. The number of carbonyl (C=O) groups excluding carboxylic acids is 1. The molecule has 1 aliphatic heterocycles. The van der Waals surface area contributed by atoms with Crippen LogP contribution in [0.5, 0.6) is 5.75 Å². The Bertz CT molecular complexity index is 654. The Balaban J connectivity index is 1.62. The van der Waals surface area contributed by atoms with E-state index in [0.29, 0.717) is 6.54 Å². The first-order valence-electron chi connectivity index (χ1n) is 8.34. The van der Waals surface area contributed by atoms with Crippen molar-refractivity contribution in [3.8, 4) is 5.75 Å². The van der Waals surface area contributed by atoms with Gasteiger partial charge in [-0.1, -0.05) is 12.1 Å². The molecule has 6 heteroatoms. The van der Waals surface area contributed by atoms with Crippen molar-refractivity contribution < 1.29 is 9.53 Å². The van der Waals surface area contributed by atoms with Gasteiger partial charge in [0.05, 0.1) is 19.5 Å². The molecule has 1 saturated heterocycles. The molecule has 128 valence electrons. The van der Waals surface area contributed by atoms with E-state index in [1.807, 2.05) is 46.9 Å². The smallest absolute Gasteiger partial charge is 0.318 e. The first-order chi connectivity index (χ1) is 11.7. The summed E-state index contributed by atoms with van der Waals surface area (Å²) in [6.45, 7) is 3.52. The number of nitrogens with one attached hydrogen (secondary N) is 1. The quantitative estimate of drug-likeness (QED) is 0.918. The second kappa shape index (κ2) is 7.38. The Morgan fingerprint density at radius 3 is 2.88 bits per heavy atom. The summed E-state index contributed by atoms with van der Waals surface area (Å²) in [6.07, 6.45) is 7.43. The predicted molar refractivity (Wildman–Crippen MR) is 91.9 cm³/mol. The average molecular weight is 328 g/mol. The topological polar surface area (TPSA) is 59.4 Å². The molecule has 1 aromatic carbocycles. The number of amides is 2. The van der Waals surface area contributed by atoms with E-state index in [1.165, 1.54) is 0 Å². The van der Waals surface area contributed by atoms with E-state index in [1.54, 1.807) is 19.6 Å². The minimum Gasteiger partial charge on any atom is -0.497 e. The van der Waals surface area contributed by atoms with Crippen molar-refractivity contribution in [3.05, 3.63) is 48.5 Å². The van der Waals surface area contributed by atoms with Crippen LogP contribution in [0.2, 0.25) is 0 Å². The van der Waals surface area contributed by atoms with Gasteiger partial charge in [0.15, 0.2) is 0 Å². The first-order valence-corrected chi connectivity index (χ1v) is 8.34. The lowest BCUT2D eigenvalue weighted by Gasteiger charge is -2.27. The van der Waals surface area contributed by atoms with Gasteiger partial charge in [0.25, 0.3) is 0 Å². The Morgan fingerprint density at radius 1 is 1.42 bits per heavy atom. The first kappa shape index (κ1) is 16.4. The lowest BCUT2D eigenvalue weighted by atomic mass is 10.0. The van der Waals surface area contributed by atoms with Crippen LogP contribution in [0.15, 0.2) is 43.0 Å². The molecule has 2 heterocycles. The number of hydrogen-bond donors (Lipinski definition) is 1. The number of rotatable bonds is 5. The van der Waals surface area contributed by atoms with Gasteiger partial charge in [0.2, 0.25) is 0 Å². The minimum absolute atomic E-state index is 0.000864. The number of ether oxygens (including phenoxy) is 1. The van der Waals surface area contributed by atoms with Gasteiger partial charge in [-0.25, -0.2) is 9.78 Å². The lowest BCUT2D eigenvalue weighted by Crippen LogP contribution is -2.44. The largest absolute Gasteiger partial charge is 0.497 e. The monoisotopic (exact) mass is 328 g/mol. The Kier molecular flexibility index (Phi) is 5.03. The van der Waals surface area contributed by atoms with Crippen LogP contribution in [0.25, 0.3) is 0 Å². The van der Waals surface area contributed by atoms with Crippen molar-refractivity contribution in [1.29, 1.82) is 0 Å². The van der Waals surface area contributed by atoms with Crippen LogP contribution >= 0.6 is 0 Å². The minimum atomic E-state index is 0.000864. The van der Waals surface area contributed by atoms with Crippen LogP contribution in [-0.2, 0) is 6.54 Å². The molecule has 0 radical (unpaired) electrons. The zero-order chi connectivity index (χ0) is 16.9. The van der Waals surface area contributed by atoms with Crippen LogP contribution in [0.1, 0.15) is 31.4 Å². The van der Waals surface area contributed by atoms with Gasteiger partial charge in [-0.05, 0) is 37.5 Å². The fourth-order valence-corrected chi connectivity index (χ4v) is 3.23. The number of likely N-dealkylation sites (tertiary alicyclic amines) is 1. The molecule has 24 heavy (non-hydrogen) atoms. The van der Waals surface area contributed by atoms with Gasteiger partial charge in [0.1, 0.15) is 5.75 Å². The van der Waals surface area contributed by atoms with Crippen LogP contribution in [0, 0.1) is 0 Å². The number of hydrogen-bond acceptors (Lipinski definition) is 3. The SMILES string of the molecule is COc1ccc(C2CCCN2C(=O)NC(C)Cn2ccnc2)cc1. The molecule has 0 saturated carbocycles. The normalized spacial score (nSPS) is 18.4. The van der Waals surface area contributed by atoms with E-state index in [-0.39, 0.29) is 18.1 Å². The molecule has 0 spiro atoms. The van der Waals surface area contributed by atoms with Gasteiger partial charge in [-0.2, -0.15) is 0 Å². The predicted octanol–water partition coefficient (Wildman–Crippen LogP) is 2.83. The van der Waals surface area contributed by atoms with Crippen LogP contribution in [-0.4, -0.2) is 40.2 Å². The van der Waals surface area contributed by atoms with Gasteiger partial charge < -0.3 is 19.5 Å². The molecular weight excluding hydrogens is 304 g/mol. The number of imidazole rings is 1. The highest BCUT2D eigenvalue weighted by Crippen LogP contribution is 2.32. The summed E-state index contributed by atoms with van der Waals surface area (Å²) in [4.78, 5) is 18.6. The zero-order valence-corrected chi connectivity index (χ0v) is 14.2. The van der Waals surface area contributed by atoms with Gasteiger partial charge >= 0.3 is 6.03 Å². The molecule has 0 aliphatic carbocycles. The third-order valence-corrected chi connectivity index (χ3v) is 4.43. The molecule has 0 bridgehead atoms. The third-order valence-electron chi connectivity index (χ3n) is 4.43. The van der Waals surface area contributed by atoms with Crippen molar-refractivity contribution >= 4 is 6.03 Å². The summed E-state index contributed by atoms with van der Waals surface area (Å²) >= 11 is 0. The molecule has 1 aromatic heterocycles. The van der Waals surface area contributed by atoms with Crippen LogP contribution < -0.4 is 10.1 Å². The van der Waals surface area contributed by atoms with Crippen molar-refractivity contribution in [2.75, 3.05) is 13.7 Å². The highest BCUT2D eigenvalue weighted by atomic mass is 16.5. The van der Waals surface area contributed by atoms with E-state index in [4.69, 9.17) is 4.74 Å². The fourth-order valence-electron chi connectivity index (χ4n) is 3.23. The van der Waals surface area contributed by atoms with Crippen molar-refractivity contribution in [2.45, 2.75) is 38.4 Å². The summed E-state index contributed by atoms with van der Waals surface area (Å²) in [5, 5.41) is 3.10. The van der Waals surface area contributed by atoms with Crippen molar-refractivity contribution in [2.24, 2.45) is 0 Å². The fraction of sp³-hybridized carbons (Fsp3) is 0.444. The van der Waals surface area contributed by atoms with Gasteiger partial charge in [-0.15, -0.1) is 0 Å². The maximum atomic E-state index is 12.7. The number of nitrogens with zero attached hydrogens (tertiary/aromatic N) is 3. The second-order valence-electron chi connectivity index (χ2n) is 6.23. The molecule has 1 N–H and O–H groups in total. The summed E-state index contributed by atoms with van der Waals surface area (Å²) in [5.41, 5.74) is 1.16. The number of benzene rings is 1. The van der Waals surface area contributed by atoms with Gasteiger partial charge in [-0.3, -0.25) is 0 Å². The number of methoxy groups -OCH3 is 1. The number of urea groups is 1. The van der Waals surface area contributed by atoms with Gasteiger partial charge in [0, 0.05) is 31.5 Å². The van der Waals surface area contributed by atoms with E-state index < -0.39 is 0 Å². The molecule has 1 fully saturated rings. The Morgan fingerprint density at radius 2 is 2.21 bits per heavy atom. The second-order valence-corrected chi connectivity index (χ2v) is 6.23. The summed E-state index contributed by atoms with van der Waals surface area (Å²) in [5.74, 6) is 0.835. The maximum Gasteiger partial charge on any atom is 0.318 e. The van der Waals surface area contributed by atoms with Crippen LogP contribution in [0.4, 0.5) is 4.79 Å². The Hall–Kier alpha value is -2.50. The molecule has 6 nitrogen and oxygen atoms in total. The van der Waals surface area contributed by atoms with Crippen molar-refractivity contribution in [1.82, 2.24) is 19.8 Å². The highest BCUT2D eigenvalue weighted by molar-refractivity contribution is 5.75. The number of carbonyl (C=O) groups is 1. The lowest BCUT2D eigenvalue weighted by molar-refractivity contribution is 0.188. The average Bonchev–Trinajstić information content (AvgIpc) is 3.26. The molecule has 3 rings (SSSR count). The molecule has 2 aromatic rings. The Labute approximate surface area is 142 Å². The maximum absolute atomic E-state index is 12.7. The van der Waals surface area contributed by atoms with Crippen molar-refractivity contribution in [3.63, 3.8) is 0 Å². The molecule has 2 amide bonds. The summed E-state index contributed by atoms with van der Waals surface area (Å²) in [6, 6.07) is 8.17. The van der Waals surface area contributed by atoms with Crippen LogP contribution in [0.3, 0.4) is 0 Å². The standard InChI is InChI=1S/C18H24N4O2/c1-14(12-21-11-9-19-13-21)20-18(23)22-10-3-4-17(22)15-5-7-16(24-2)8-6-15/h5-9,11,13-14,17H,3-4,10,12H2,1-2H3,(H,20,23). The highest BCUT2D eigenvalue weighted by Gasteiger charge is 2.30. The molecule has 2 unspecified atom stereocenters. The molecule has 1 aliphatic rings. The summed E-state index contributed by atoms with van der Waals surface area (Å²) < 4.78 is 7.18. The zero-order valence-electron chi connectivity index (χ0n) is 14.2. The van der Waals surface area contributed by atoms with E-state index in [9.17, 15) is 4.79 Å². The molecule has 2 atom stereocenters. The molecular formula is C18H24N4O2. The van der Waals surface area contributed by atoms with E-state index in [0.717, 1.165) is 30.7 Å². The summed E-state index contributed by atoms with van der Waals surface area (Å²) in [7, 11) is 1.66.